The Bertz CT molecular complexity index is 142. The molecular weight excluding hydrogens is 118 g/mol. The first-order valence-corrected chi connectivity index (χ1v) is 2.88. The number of primary amides is 1. The highest BCUT2D eigenvalue weighted by molar-refractivity contribution is 5.78. The van der Waals surface area contributed by atoms with E-state index in [1.165, 1.54) is 6.26 Å². The van der Waals surface area contributed by atoms with Gasteiger partial charge in [-0.2, -0.15) is 0 Å². The molecule has 1 atom stereocenters. The van der Waals surface area contributed by atoms with Gasteiger partial charge in [-0.1, -0.05) is 0 Å². The maximum absolute atomic E-state index is 10.5. The normalized spacial score (nSPS) is 25.1. The van der Waals surface area contributed by atoms with Gasteiger partial charge in [0, 0.05) is 0 Å². The molecule has 50 valence electrons. The third-order valence-corrected chi connectivity index (χ3v) is 1.32. The van der Waals surface area contributed by atoms with E-state index in [-0.39, 0.29) is 11.8 Å². The van der Waals surface area contributed by atoms with E-state index in [1.807, 2.05) is 0 Å². The average molecular weight is 127 g/mol. The molecule has 3 nitrogen and oxygen atoms in total. The van der Waals surface area contributed by atoms with Crippen LogP contribution in [0.3, 0.4) is 0 Å². The quantitative estimate of drug-likeness (QED) is 0.540. The van der Waals surface area contributed by atoms with Crippen LogP contribution in [-0.2, 0) is 9.53 Å². The standard InChI is InChI=1S/C6H9NO2/c7-6(8)5-1-3-9-4-2-5/h1,3,5H,2,4H2,(H2,7,8). The molecule has 0 spiro atoms. The van der Waals surface area contributed by atoms with Gasteiger partial charge in [-0.15, -0.1) is 0 Å². The summed E-state index contributed by atoms with van der Waals surface area (Å²) < 4.78 is 4.86. The zero-order valence-corrected chi connectivity index (χ0v) is 5.04. The van der Waals surface area contributed by atoms with Gasteiger partial charge in [0.1, 0.15) is 0 Å². The summed E-state index contributed by atoms with van der Waals surface area (Å²) in [5.41, 5.74) is 5.02. The summed E-state index contributed by atoms with van der Waals surface area (Å²) >= 11 is 0. The number of hydrogen-bond donors (Lipinski definition) is 1. The van der Waals surface area contributed by atoms with Crippen molar-refractivity contribution in [3.8, 4) is 0 Å². The van der Waals surface area contributed by atoms with E-state index in [4.69, 9.17) is 10.5 Å². The summed E-state index contributed by atoms with van der Waals surface area (Å²) in [7, 11) is 0. The van der Waals surface area contributed by atoms with Crippen molar-refractivity contribution < 1.29 is 9.53 Å². The molecule has 1 amide bonds. The summed E-state index contributed by atoms with van der Waals surface area (Å²) in [5.74, 6) is -0.381. The maximum Gasteiger partial charge on any atom is 0.224 e. The Balaban J connectivity index is 2.50. The van der Waals surface area contributed by atoms with Gasteiger partial charge in [0.05, 0.1) is 18.8 Å². The molecule has 1 aliphatic rings. The van der Waals surface area contributed by atoms with Crippen molar-refractivity contribution in [3.05, 3.63) is 12.3 Å². The minimum absolute atomic E-state index is 0.112. The van der Waals surface area contributed by atoms with Crippen LogP contribution in [0.5, 0.6) is 0 Å². The average Bonchev–Trinajstić information content (AvgIpc) is 1.90. The van der Waals surface area contributed by atoms with Crippen molar-refractivity contribution in [2.45, 2.75) is 6.42 Å². The second kappa shape index (κ2) is 2.53. The third kappa shape index (κ3) is 1.45. The Labute approximate surface area is 53.5 Å². The molecule has 1 heterocycles. The van der Waals surface area contributed by atoms with Crippen LogP contribution in [0, 0.1) is 5.92 Å². The molecule has 0 aliphatic carbocycles. The predicted octanol–water partition coefficient (Wildman–Crippen LogP) is 0.0219. The molecule has 0 aromatic carbocycles. The highest BCUT2D eigenvalue weighted by Crippen LogP contribution is 2.09. The predicted molar refractivity (Wildman–Crippen MR) is 32.4 cm³/mol. The second-order valence-corrected chi connectivity index (χ2v) is 2.00. The van der Waals surface area contributed by atoms with Crippen LogP contribution in [0.2, 0.25) is 0 Å². The molecule has 0 saturated carbocycles. The summed E-state index contributed by atoms with van der Waals surface area (Å²) in [4.78, 5) is 10.5. The van der Waals surface area contributed by atoms with Gasteiger partial charge in [-0.3, -0.25) is 4.79 Å². The van der Waals surface area contributed by atoms with Crippen molar-refractivity contribution in [3.63, 3.8) is 0 Å². The van der Waals surface area contributed by atoms with E-state index in [0.717, 1.165) is 0 Å². The van der Waals surface area contributed by atoms with Crippen LogP contribution >= 0.6 is 0 Å². The van der Waals surface area contributed by atoms with Gasteiger partial charge < -0.3 is 10.5 Å². The fourth-order valence-electron chi connectivity index (χ4n) is 0.747. The number of rotatable bonds is 1. The summed E-state index contributed by atoms with van der Waals surface area (Å²) in [5, 5.41) is 0. The lowest BCUT2D eigenvalue weighted by Crippen LogP contribution is -2.24. The van der Waals surface area contributed by atoms with Gasteiger partial charge in [0.2, 0.25) is 5.91 Å². The minimum Gasteiger partial charge on any atom is -0.501 e. The Morgan fingerprint density at radius 2 is 2.56 bits per heavy atom. The van der Waals surface area contributed by atoms with Gasteiger partial charge in [-0.05, 0) is 12.5 Å². The first-order valence-electron chi connectivity index (χ1n) is 2.88. The van der Waals surface area contributed by atoms with Gasteiger partial charge in [-0.25, -0.2) is 0 Å². The van der Waals surface area contributed by atoms with E-state index < -0.39 is 0 Å². The number of carbonyl (C=O) groups excluding carboxylic acids is 1. The van der Waals surface area contributed by atoms with E-state index in [2.05, 4.69) is 0 Å². The zero-order chi connectivity index (χ0) is 6.69. The van der Waals surface area contributed by atoms with Crippen molar-refractivity contribution in [2.75, 3.05) is 6.61 Å². The zero-order valence-electron chi connectivity index (χ0n) is 5.04. The summed E-state index contributed by atoms with van der Waals surface area (Å²) in [6, 6.07) is 0. The number of ether oxygens (including phenoxy) is 1. The van der Waals surface area contributed by atoms with E-state index in [0.29, 0.717) is 13.0 Å². The van der Waals surface area contributed by atoms with Gasteiger partial charge in [0.25, 0.3) is 0 Å². The lowest BCUT2D eigenvalue weighted by atomic mass is 10.1. The second-order valence-electron chi connectivity index (χ2n) is 2.00. The molecule has 0 aromatic rings. The fraction of sp³-hybridized carbons (Fsp3) is 0.500. The van der Waals surface area contributed by atoms with Crippen LogP contribution < -0.4 is 5.73 Å². The third-order valence-electron chi connectivity index (χ3n) is 1.32. The molecule has 1 aliphatic heterocycles. The Kier molecular flexibility index (Phi) is 1.72. The molecule has 9 heavy (non-hydrogen) atoms. The highest BCUT2D eigenvalue weighted by Gasteiger charge is 2.13. The van der Waals surface area contributed by atoms with E-state index >= 15 is 0 Å². The molecule has 0 bridgehead atoms. The monoisotopic (exact) mass is 127 g/mol. The maximum atomic E-state index is 10.5. The number of amides is 1. The molecule has 0 saturated heterocycles. The number of nitrogens with two attached hydrogens (primary N) is 1. The lowest BCUT2D eigenvalue weighted by Gasteiger charge is -2.12. The largest absolute Gasteiger partial charge is 0.501 e. The molecular formula is C6H9NO2. The molecule has 3 heteroatoms. The molecule has 1 unspecified atom stereocenters. The Morgan fingerprint density at radius 3 is 2.89 bits per heavy atom. The SMILES string of the molecule is NC(=O)C1C=COCC1. The number of carbonyl (C=O) groups is 1. The Hall–Kier alpha value is -0.990. The molecule has 0 aromatic heterocycles. The van der Waals surface area contributed by atoms with Gasteiger partial charge in [0.15, 0.2) is 0 Å². The van der Waals surface area contributed by atoms with Crippen molar-refractivity contribution >= 4 is 5.91 Å². The van der Waals surface area contributed by atoms with Crippen LogP contribution in [0.15, 0.2) is 12.3 Å². The van der Waals surface area contributed by atoms with Crippen molar-refractivity contribution in [1.29, 1.82) is 0 Å². The minimum atomic E-state index is -0.269. The number of hydrogen-bond acceptors (Lipinski definition) is 2. The van der Waals surface area contributed by atoms with Crippen molar-refractivity contribution in [2.24, 2.45) is 11.7 Å². The van der Waals surface area contributed by atoms with E-state index in [1.54, 1.807) is 6.08 Å². The summed E-state index contributed by atoms with van der Waals surface area (Å²) in [6.45, 7) is 0.601. The van der Waals surface area contributed by atoms with Gasteiger partial charge >= 0.3 is 0 Å². The topological polar surface area (TPSA) is 52.3 Å². The smallest absolute Gasteiger partial charge is 0.224 e. The first-order chi connectivity index (χ1) is 4.30. The molecule has 0 fully saturated rings. The van der Waals surface area contributed by atoms with Crippen LogP contribution in [-0.4, -0.2) is 12.5 Å². The van der Waals surface area contributed by atoms with Crippen LogP contribution in [0.1, 0.15) is 6.42 Å². The summed E-state index contributed by atoms with van der Waals surface area (Å²) in [6.07, 6.45) is 3.93. The molecule has 0 radical (unpaired) electrons. The highest BCUT2D eigenvalue weighted by atomic mass is 16.5. The first kappa shape index (κ1) is 6.13. The fourth-order valence-corrected chi connectivity index (χ4v) is 0.747. The lowest BCUT2D eigenvalue weighted by molar-refractivity contribution is -0.121. The molecule has 2 N–H and O–H groups in total. The van der Waals surface area contributed by atoms with Crippen LogP contribution in [0.25, 0.3) is 0 Å². The van der Waals surface area contributed by atoms with Crippen LogP contribution in [0.4, 0.5) is 0 Å². The molecule has 1 rings (SSSR count). The van der Waals surface area contributed by atoms with Crippen molar-refractivity contribution in [1.82, 2.24) is 0 Å². The Morgan fingerprint density at radius 1 is 1.78 bits per heavy atom. The van der Waals surface area contributed by atoms with E-state index in [9.17, 15) is 4.79 Å².